The molecule has 140 valence electrons. The average Bonchev–Trinajstić information content (AvgIpc) is 3.10. The zero-order valence-electron chi connectivity index (χ0n) is 15.2. The summed E-state index contributed by atoms with van der Waals surface area (Å²) in [5.74, 6) is -1.12. The van der Waals surface area contributed by atoms with E-state index in [4.69, 9.17) is 13.9 Å². The minimum absolute atomic E-state index is 0.0438. The monoisotopic (exact) mass is 375 g/mol. The number of hydrogen-bond acceptors (Lipinski definition) is 6. The van der Waals surface area contributed by atoms with E-state index in [2.05, 4.69) is 4.98 Å². The van der Waals surface area contributed by atoms with Crippen LogP contribution >= 0.6 is 0 Å². The van der Waals surface area contributed by atoms with Gasteiger partial charge in [-0.2, -0.15) is 0 Å². The maximum absolute atomic E-state index is 12.5. The standard InChI is InChI=1S/C22H17NO5/c1-2-26-22(25)20-16(15-8-4-6-10-19(15)28-20)13-27-21(24)18-12-11-14-7-3-5-9-17(14)23-18/h3-12H,2,13H2,1H3. The van der Waals surface area contributed by atoms with Crippen molar-refractivity contribution in [2.75, 3.05) is 6.61 Å². The van der Waals surface area contributed by atoms with Gasteiger partial charge in [-0.25, -0.2) is 14.6 Å². The molecule has 4 rings (SSSR count). The first-order chi connectivity index (χ1) is 13.7. The van der Waals surface area contributed by atoms with Crippen molar-refractivity contribution < 1.29 is 23.5 Å². The molecule has 2 aromatic heterocycles. The molecule has 6 nitrogen and oxygen atoms in total. The van der Waals surface area contributed by atoms with Gasteiger partial charge in [-0.05, 0) is 25.1 Å². The quantitative estimate of drug-likeness (QED) is 0.478. The van der Waals surface area contributed by atoms with E-state index in [9.17, 15) is 9.59 Å². The number of furan rings is 1. The molecule has 0 amide bonds. The number of fused-ring (bicyclic) bond motifs is 2. The minimum atomic E-state index is -0.589. The third-order valence-corrected chi connectivity index (χ3v) is 4.31. The van der Waals surface area contributed by atoms with E-state index in [1.807, 2.05) is 36.4 Å². The van der Waals surface area contributed by atoms with Crippen LogP contribution in [0.1, 0.15) is 33.5 Å². The molecule has 0 unspecified atom stereocenters. The molecule has 6 heteroatoms. The molecule has 4 aromatic rings. The number of para-hydroxylation sites is 2. The molecule has 2 aromatic carbocycles. The lowest BCUT2D eigenvalue weighted by molar-refractivity contribution is 0.0431. The number of aromatic nitrogens is 1. The Morgan fingerprint density at radius 2 is 1.71 bits per heavy atom. The van der Waals surface area contributed by atoms with Crippen molar-refractivity contribution in [2.24, 2.45) is 0 Å². The van der Waals surface area contributed by atoms with Crippen LogP contribution in [0.5, 0.6) is 0 Å². The maximum Gasteiger partial charge on any atom is 0.374 e. The van der Waals surface area contributed by atoms with Crippen molar-refractivity contribution in [3.63, 3.8) is 0 Å². The summed E-state index contributed by atoms with van der Waals surface area (Å²) in [7, 11) is 0. The molecule has 0 spiro atoms. The predicted molar refractivity (Wildman–Crippen MR) is 103 cm³/mol. The molecule has 0 N–H and O–H groups in total. The number of nitrogens with zero attached hydrogens (tertiary/aromatic N) is 1. The van der Waals surface area contributed by atoms with Gasteiger partial charge in [0, 0.05) is 10.8 Å². The van der Waals surface area contributed by atoms with E-state index in [-0.39, 0.29) is 24.7 Å². The SMILES string of the molecule is CCOC(=O)c1oc2ccccc2c1COC(=O)c1ccc2ccccc2n1. The van der Waals surface area contributed by atoms with Crippen LogP contribution in [-0.2, 0) is 16.1 Å². The molecule has 0 atom stereocenters. The lowest BCUT2D eigenvalue weighted by atomic mass is 10.1. The third kappa shape index (κ3) is 3.32. The fourth-order valence-corrected chi connectivity index (χ4v) is 3.00. The van der Waals surface area contributed by atoms with Crippen molar-refractivity contribution in [3.05, 3.63) is 77.7 Å². The van der Waals surface area contributed by atoms with Crippen LogP contribution in [0.3, 0.4) is 0 Å². The molecule has 0 aliphatic carbocycles. The van der Waals surface area contributed by atoms with Crippen molar-refractivity contribution in [2.45, 2.75) is 13.5 Å². The summed E-state index contributed by atoms with van der Waals surface area (Å²) in [5.41, 5.74) is 1.91. The molecule has 0 aliphatic rings. The van der Waals surface area contributed by atoms with E-state index in [1.165, 1.54) is 0 Å². The van der Waals surface area contributed by atoms with Crippen molar-refractivity contribution in [3.8, 4) is 0 Å². The molecule has 2 heterocycles. The Morgan fingerprint density at radius 3 is 2.57 bits per heavy atom. The van der Waals surface area contributed by atoms with Crippen LogP contribution in [0, 0.1) is 0 Å². The molecule has 28 heavy (non-hydrogen) atoms. The molecule has 0 radical (unpaired) electrons. The van der Waals surface area contributed by atoms with Crippen LogP contribution in [-0.4, -0.2) is 23.5 Å². The average molecular weight is 375 g/mol. The van der Waals surface area contributed by atoms with Crippen LogP contribution in [0.4, 0.5) is 0 Å². The molecular weight excluding hydrogens is 358 g/mol. The Balaban J connectivity index is 1.61. The summed E-state index contributed by atoms with van der Waals surface area (Å²) >= 11 is 0. The van der Waals surface area contributed by atoms with E-state index in [0.717, 1.165) is 5.39 Å². The van der Waals surface area contributed by atoms with E-state index >= 15 is 0 Å². The summed E-state index contributed by atoms with van der Waals surface area (Å²) in [6.45, 7) is 1.81. The number of benzene rings is 2. The maximum atomic E-state index is 12.5. The molecule has 0 fully saturated rings. The first-order valence-corrected chi connectivity index (χ1v) is 8.88. The van der Waals surface area contributed by atoms with Gasteiger partial charge in [0.25, 0.3) is 0 Å². The number of rotatable bonds is 5. The van der Waals surface area contributed by atoms with Crippen LogP contribution in [0.2, 0.25) is 0 Å². The van der Waals surface area contributed by atoms with Gasteiger partial charge in [0.05, 0.1) is 17.7 Å². The van der Waals surface area contributed by atoms with Crippen LogP contribution < -0.4 is 0 Å². The van der Waals surface area contributed by atoms with Crippen LogP contribution in [0.25, 0.3) is 21.9 Å². The number of pyridine rings is 1. The van der Waals surface area contributed by atoms with Gasteiger partial charge >= 0.3 is 11.9 Å². The number of hydrogen-bond donors (Lipinski definition) is 0. The lowest BCUT2D eigenvalue weighted by Crippen LogP contribution is -2.10. The number of esters is 2. The third-order valence-electron chi connectivity index (χ3n) is 4.31. The summed E-state index contributed by atoms with van der Waals surface area (Å²) < 4.78 is 16.1. The van der Waals surface area contributed by atoms with Gasteiger partial charge in [0.15, 0.2) is 0 Å². The zero-order valence-corrected chi connectivity index (χ0v) is 15.2. The fourth-order valence-electron chi connectivity index (χ4n) is 3.00. The lowest BCUT2D eigenvalue weighted by Gasteiger charge is -2.06. The summed E-state index contributed by atoms with van der Waals surface area (Å²) in [6, 6.07) is 18.1. The van der Waals surface area contributed by atoms with Crippen molar-refractivity contribution >= 4 is 33.8 Å². The second-order valence-electron chi connectivity index (χ2n) is 6.09. The number of ether oxygens (including phenoxy) is 2. The minimum Gasteiger partial charge on any atom is -0.460 e. The highest BCUT2D eigenvalue weighted by molar-refractivity contribution is 5.96. The highest BCUT2D eigenvalue weighted by atomic mass is 16.5. The predicted octanol–water partition coefficient (Wildman–Crippen LogP) is 4.51. The van der Waals surface area contributed by atoms with Gasteiger partial charge < -0.3 is 13.9 Å². The van der Waals surface area contributed by atoms with Gasteiger partial charge in [0.1, 0.15) is 17.9 Å². The molecule has 0 aliphatic heterocycles. The van der Waals surface area contributed by atoms with E-state index in [0.29, 0.717) is 22.0 Å². The molecule has 0 bridgehead atoms. The highest BCUT2D eigenvalue weighted by Gasteiger charge is 2.23. The summed E-state index contributed by atoms with van der Waals surface area (Å²) in [6.07, 6.45) is 0. The smallest absolute Gasteiger partial charge is 0.374 e. The second kappa shape index (κ2) is 7.52. The van der Waals surface area contributed by atoms with E-state index < -0.39 is 11.9 Å². The largest absolute Gasteiger partial charge is 0.460 e. The normalized spacial score (nSPS) is 10.9. The first kappa shape index (κ1) is 17.7. The Hall–Kier alpha value is -3.67. The van der Waals surface area contributed by atoms with Crippen molar-refractivity contribution in [1.29, 1.82) is 0 Å². The second-order valence-corrected chi connectivity index (χ2v) is 6.09. The first-order valence-electron chi connectivity index (χ1n) is 8.88. The molecule has 0 saturated heterocycles. The van der Waals surface area contributed by atoms with Gasteiger partial charge in [0.2, 0.25) is 5.76 Å². The van der Waals surface area contributed by atoms with Gasteiger partial charge in [-0.1, -0.05) is 42.5 Å². The molecule has 0 saturated carbocycles. The van der Waals surface area contributed by atoms with Crippen molar-refractivity contribution in [1.82, 2.24) is 4.98 Å². The number of carbonyl (C=O) groups is 2. The van der Waals surface area contributed by atoms with E-state index in [1.54, 1.807) is 31.2 Å². The fraction of sp³-hybridized carbons (Fsp3) is 0.136. The topological polar surface area (TPSA) is 78.6 Å². The Bertz CT molecular complexity index is 1180. The van der Waals surface area contributed by atoms with Gasteiger partial charge in [-0.15, -0.1) is 0 Å². The molecular formula is C22H17NO5. The summed E-state index contributed by atoms with van der Waals surface area (Å²) in [5, 5.41) is 1.63. The Labute approximate surface area is 160 Å². The Morgan fingerprint density at radius 1 is 0.929 bits per heavy atom. The highest BCUT2D eigenvalue weighted by Crippen LogP contribution is 2.27. The number of carbonyl (C=O) groups excluding carboxylic acids is 2. The zero-order chi connectivity index (χ0) is 19.5. The van der Waals surface area contributed by atoms with Crippen LogP contribution in [0.15, 0.2) is 65.1 Å². The summed E-state index contributed by atoms with van der Waals surface area (Å²) in [4.78, 5) is 29.1. The Kier molecular flexibility index (Phi) is 4.76. The van der Waals surface area contributed by atoms with Gasteiger partial charge in [-0.3, -0.25) is 0 Å².